The fraction of sp³-hybridized carbons (Fsp3) is 0.458. The molecule has 6 heteroatoms. The van der Waals surface area contributed by atoms with E-state index in [1.807, 2.05) is 29.0 Å². The zero-order chi connectivity index (χ0) is 20.5. The Morgan fingerprint density at radius 1 is 1.10 bits per heavy atom. The predicted octanol–water partition coefficient (Wildman–Crippen LogP) is 5.17. The zero-order valence-electron chi connectivity index (χ0n) is 17.1. The number of likely N-dealkylation sites (N-methyl/N-ethyl adjacent to an activating group) is 1. The number of hydrogen-bond donors (Lipinski definition) is 0. The summed E-state index contributed by atoms with van der Waals surface area (Å²) in [6.07, 6.45) is 12.1. The fourth-order valence-corrected chi connectivity index (χ4v) is 7.88. The molecule has 7 rings (SSSR count). The summed E-state index contributed by atoms with van der Waals surface area (Å²) in [4.78, 5) is 15.0. The molecule has 0 unspecified atom stereocenters. The molecule has 0 spiro atoms. The number of thiocarbonyl (C=S) groups is 1. The fourth-order valence-electron chi connectivity index (χ4n) is 6.71. The lowest BCUT2D eigenvalue weighted by Gasteiger charge is -2.56. The Morgan fingerprint density at radius 3 is 2.30 bits per heavy atom. The second-order valence-corrected chi connectivity index (χ2v) is 11.3. The Balaban J connectivity index is 1.48. The van der Waals surface area contributed by atoms with Crippen molar-refractivity contribution in [2.24, 2.45) is 17.8 Å². The molecule has 1 aromatic heterocycles. The minimum atomic E-state index is -0.00563. The largest absolute Gasteiger partial charge is 0.296 e. The van der Waals surface area contributed by atoms with Crippen molar-refractivity contribution in [1.29, 1.82) is 0 Å². The minimum absolute atomic E-state index is 0.00563. The summed E-state index contributed by atoms with van der Waals surface area (Å²) in [5, 5.41) is 5.18. The number of hydrogen-bond acceptors (Lipinski definition) is 4. The average molecular weight is 436 g/mol. The number of aromatic nitrogens is 2. The number of carbonyl (C=O) groups excluding carboxylic acids is 1. The number of amides is 1. The maximum absolute atomic E-state index is 12.7. The highest BCUT2D eigenvalue weighted by atomic mass is 32.2. The molecule has 0 atom stereocenters. The normalized spacial score (nSPS) is 33.8. The third kappa shape index (κ3) is 2.91. The molecule has 1 aromatic carbocycles. The van der Waals surface area contributed by atoms with Gasteiger partial charge in [-0.3, -0.25) is 9.69 Å². The molecular weight excluding hydrogens is 410 g/mol. The topological polar surface area (TPSA) is 38.1 Å². The molecule has 4 nitrogen and oxygen atoms in total. The van der Waals surface area contributed by atoms with Crippen molar-refractivity contribution in [2.45, 2.75) is 43.9 Å². The molecule has 0 radical (unpaired) electrons. The smallest absolute Gasteiger partial charge is 0.265 e. The van der Waals surface area contributed by atoms with E-state index in [-0.39, 0.29) is 11.3 Å². The Morgan fingerprint density at radius 2 is 1.73 bits per heavy atom. The molecule has 1 aliphatic heterocycles. The molecule has 2 aromatic rings. The lowest BCUT2D eigenvalue weighted by atomic mass is 9.48. The van der Waals surface area contributed by atoms with Crippen LogP contribution < -0.4 is 0 Å². The Bertz CT molecular complexity index is 1040. The first-order valence-corrected chi connectivity index (χ1v) is 12.1. The van der Waals surface area contributed by atoms with E-state index in [0.29, 0.717) is 9.23 Å². The van der Waals surface area contributed by atoms with Gasteiger partial charge in [0.25, 0.3) is 5.91 Å². The summed E-state index contributed by atoms with van der Waals surface area (Å²) < 4.78 is 2.63. The molecule has 4 aliphatic carbocycles. The number of thioether (sulfide) groups is 1. The molecule has 5 aliphatic rings. The van der Waals surface area contributed by atoms with Crippen molar-refractivity contribution >= 4 is 40.3 Å². The molecule has 5 fully saturated rings. The standard InChI is InChI=1S/C24H25N3OS2/c1-26-22(28)20(30-23(26)29)10-18-14-27(19-5-3-2-4-6-19)25-21(18)24-11-15-7-16(12-24)9-17(8-15)13-24/h2-6,10,14-17H,7-9,11-13H2,1H3. The summed E-state index contributed by atoms with van der Waals surface area (Å²) in [5.74, 6) is 2.54. The highest BCUT2D eigenvalue weighted by molar-refractivity contribution is 8.26. The van der Waals surface area contributed by atoms with Crippen LogP contribution in [0.25, 0.3) is 11.8 Å². The van der Waals surface area contributed by atoms with Gasteiger partial charge in [0.15, 0.2) is 0 Å². The van der Waals surface area contributed by atoms with Crippen molar-refractivity contribution in [2.75, 3.05) is 7.05 Å². The second kappa shape index (κ2) is 6.79. The second-order valence-electron chi connectivity index (χ2n) is 9.65. The number of rotatable bonds is 3. The van der Waals surface area contributed by atoms with E-state index in [1.165, 1.54) is 56.0 Å². The summed E-state index contributed by atoms with van der Waals surface area (Å²) in [6.45, 7) is 0. The predicted molar refractivity (Wildman–Crippen MR) is 124 cm³/mol. The summed E-state index contributed by atoms with van der Waals surface area (Å²) in [5.41, 5.74) is 3.52. The van der Waals surface area contributed by atoms with Crippen LogP contribution in [0.2, 0.25) is 0 Å². The van der Waals surface area contributed by atoms with E-state index >= 15 is 0 Å². The van der Waals surface area contributed by atoms with Gasteiger partial charge in [0, 0.05) is 24.2 Å². The molecule has 2 heterocycles. The highest BCUT2D eigenvalue weighted by Crippen LogP contribution is 2.61. The molecule has 1 amide bonds. The Labute approximate surface area is 186 Å². The van der Waals surface area contributed by atoms with Crippen LogP contribution in [-0.4, -0.2) is 32.0 Å². The van der Waals surface area contributed by atoms with Crippen molar-refractivity contribution in [3.63, 3.8) is 0 Å². The summed E-state index contributed by atoms with van der Waals surface area (Å²) in [7, 11) is 1.76. The molecular formula is C24H25N3OS2. The van der Waals surface area contributed by atoms with E-state index in [0.717, 1.165) is 29.0 Å². The van der Waals surface area contributed by atoms with Crippen LogP contribution in [0.4, 0.5) is 0 Å². The number of para-hydroxylation sites is 1. The van der Waals surface area contributed by atoms with Crippen LogP contribution in [0.15, 0.2) is 41.4 Å². The van der Waals surface area contributed by atoms with Crippen LogP contribution in [0.5, 0.6) is 0 Å². The van der Waals surface area contributed by atoms with E-state index in [2.05, 4.69) is 18.3 Å². The van der Waals surface area contributed by atoms with Gasteiger partial charge >= 0.3 is 0 Å². The van der Waals surface area contributed by atoms with Crippen LogP contribution in [0.3, 0.4) is 0 Å². The molecule has 1 saturated heterocycles. The van der Waals surface area contributed by atoms with Gasteiger partial charge in [-0.2, -0.15) is 5.10 Å². The van der Waals surface area contributed by atoms with E-state index < -0.39 is 0 Å². The first kappa shape index (κ1) is 18.8. The maximum Gasteiger partial charge on any atom is 0.265 e. The highest BCUT2D eigenvalue weighted by Gasteiger charge is 2.53. The van der Waals surface area contributed by atoms with Gasteiger partial charge in [-0.15, -0.1) is 0 Å². The maximum atomic E-state index is 12.7. The molecule has 4 bridgehead atoms. The Hall–Kier alpha value is -1.92. The van der Waals surface area contributed by atoms with Gasteiger partial charge in [-0.1, -0.05) is 42.2 Å². The van der Waals surface area contributed by atoms with Gasteiger partial charge in [0.1, 0.15) is 4.32 Å². The minimum Gasteiger partial charge on any atom is -0.296 e. The Kier molecular flexibility index (Phi) is 4.26. The van der Waals surface area contributed by atoms with E-state index in [4.69, 9.17) is 17.3 Å². The first-order valence-electron chi connectivity index (χ1n) is 10.9. The molecule has 30 heavy (non-hydrogen) atoms. The van der Waals surface area contributed by atoms with Crippen molar-refractivity contribution in [3.05, 3.63) is 52.7 Å². The third-order valence-electron chi connectivity index (χ3n) is 7.58. The van der Waals surface area contributed by atoms with Crippen molar-refractivity contribution < 1.29 is 4.79 Å². The quantitative estimate of drug-likeness (QED) is 0.492. The van der Waals surface area contributed by atoms with E-state index in [9.17, 15) is 4.79 Å². The molecule has 4 saturated carbocycles. The lowest BCUT2D eigenvalue weighted by molar-refractivity contribution is -0.121. The number of nitrogens with zero attached hydrogens (tertiary/aromatic N) is 3. The monoisotopic (exact) mass is 435 g/mol. The first-order chi connectivity index (χ1) is 14.5. The van der Waals surface area contributed by atoms with Gasteiger partial charge in [-0.25, -0.2) is 4.68 Å². The number of carbonyl (C=O) groups is 1. The van der Waals surface area contributed by atoms with Crippen LogP contribution in [0, 0.1) is 17.8 Å². The van der Waals surface area contributed by atoms with Crippen LogP contribution in [0.1, 0.15) is 49.8 Å². The SMILES string of the molecule is CN1C(=O)C(=Cc2cn(-c3ccccc3)nc2C23CC4CC(CC(C4)C2)C3)SC1=S. The van der Waals surface area contributed by atoms with Gasteiger partial charge < -0.3 is 0 Å². The third-order valence-corrected chi connectivity index (χ3v) is 9.06. The van der Waals surface area contributed by atoms with Gasteiger partial charge in [-0.05, 0) is 74.5 Å². The summed E-state index contributed by atoms with van der Waals surface area (Å²) >= 11 is 6.75. The van der Waals surface area contributed by atoms with Crippen molar-refractivity contribution in [3.8, 4) is 5.69 Å². The zero-order valence-corrected chi connectivity index (χ0v) is 18.7. The number of benzene rings is 1. The summed E-state index contributed by atoms with van der Waals surface area (Å²) in [6, 6.07) is 10.3. The average Bonchev–Trinajstić information content (AvgIpc) is 3.26. The van der Waals surface area contributed by atoms with Gasteiger partial charge in [0.2, 0.25) is 0 Å². The molecule has 0 N–H and O–H groups in total. The van der Waals surface area contributed by atoms with Crippen LogP contribution in [-0.2, 0) is 10.2 Å². The van der Waals surface area contributed by atoms with Crippen molar-refractivity contribution in [1.82, 2.24) is 14.7 Å². The molecule has 154 valence electrons. The van der Waals surface area contributed by atoms with Crippen LogP contribution >= 0.6 is 24.0 Å². The lowest BCUT2D eigenvalue weighted by Crippen LogP contribution is -2.49. The van der Waals surface area contributed by atoms with Gasteiger partial charge in [0.05, 0.1) is 16.3 Å². The van der Waals surface area contributed by atoms with E-state index in [1.54, 1.807) is 11.9 Å².